The van der Waals surface area contributed by atoms with Crippen molar-refractivity contribution >= 4 is 45.3 Å². The van der Waals surface area contributed by atoms with Crippen LogP contribution in [0.1, 0.15) is 61.7 Å². The highest BCUT2D eigenvalue weighted by Crippen LogP contribution is 2.49. The van der Waals surface area contributed by atoms with E-state index in [4.69, 9.17) is 0 Å². The maximum Gasteiger partial charge on any atom is 0.0640 e. The molecule has 0 saturated heterocycles. The number of nitrogens with zero attached hydrogens (tertiary/aromatic N) is 1. The van der Waals surface area contributed by atoms with E-state index >= 15 is 0 Å². The minimum Gasteiger partial charge on any atom is -0.358 e. The molecule has 0 amide bonds. The highest BCUT2D eigenvalue weighted by molar-refractivity contribution is 7.23. The van der Waals surface area contributed by atoms with Crippen molar-refractivity contribution < 1.29 is 0 Å². The lowest BCUT2D eigenvalue weighted by Gasteiger charge is -2.30. The summed E-state index contributed by atoms with van der Waals surface area (Å²) in [4.78, 5) is 7.49. The van der Waals surface area contributed by atoms with E-state index in [1.807, 2.05) is 17.4 Å². The molecule has 7 rings (SSSR count). The van der Waals surface area contributed by atoms with Gasteiger partial charge in [-0.2, -0.15) is 0 Å². The van der Waals surface area contributed by atoms with Gasteiger partial charge < -0.3 is 9.88 Å². The van der Waals surface area contributed by atoms with E-state index in [1.165, 1.54) is 59.7 Å². The van der Waals surface area contributed by atoms with Crippen LogP contribution in [0.5, 0.6) is 0 Å². The molecular weight excluding hydrogens is 673 g/mol. The van der Waals surface area contributed by atoms with E-state index in [2.05, 4.69) is 203 Å². The molecule has 0 fully saturated rings. The predicted octanol–water partition coefficient (Wildman–Crippen LogP) is 14.8. The molecule has 0 aliphatic heterocycles. The van der Waals surface area contributed by atoms with Crippen LogP contribution in [-0.4, -0.2) is 4.98 Å². The summed E-state index contributed by atoms with van der Waals surface area (Å²) in [5.41, 5.74) is 14.4. The van der Waals surface area contributed by atoms with Crippen LogP contribution in [0.25, 0.3) is 49.9 Å². The Morgan fingerprint density at radius 1 is 0.852 bits per heavy atom. The number of rotatable bonds is 11. The summed E-state index contributed by atoms with van der Waals surface area (Å²) < 4.78 is 1.27. The monoisotopic (exact) mass is 722 g/mol. The molecule has 270 valence electrons. The van der Waals surface area contributed by atoms with Crippen molar-refractivity contribution in [3.05, 3.63) is 191 Å². The van der Waals surface area contributed by atoms with Gasteiger partial charge in [-0.1, -0.05) is 141 Å². The fourth-order valence-electron chi connectivity index (χ4n) is 7.72. The van der Waals surface area contributed by atoms with Crippen molar-refractivity contribution in [1.29, 1.82) is 0 Å². The molecule has 2 aliphatic rings. The van der Waals surface area contributed by atoms with E-state index in [0.29, 0.717) is 11.8 Å². The standard InChI is InChI=1S/C51H50N2S/c1-7-17-42(23-15-21-38-19-11-10-12-20-38)53(43-33-31-41(32-34-43)40-29-27-35(4)28-30-40)47-26-16-25-44-36(5)50(54-51(44)47)49-46(18-8-2)52-37(6)48(49)45-24-14-13-22-39(45)9-3/h7-27,29-31,33-35,41,52H,3,28,32H2,1-2,4-6H3/b17-7-,18-8-,21-15+,42-23+. The lowest BCUT2D eigenvalue weighted by atomic mass is 9.86. The quantitative estimate of drug-likeness (QED) is 0.135. The molecule has 3 heteroatoms. The molecule has 2 aliphatic carbocycles. The van der Waals surface area contributed by atoms with E-state index in [9.17, 15) is 0 Å². The minimum absolute atomic E-state index is 0.386. The summed E-state index contributed by atoms with van der Waals surface area (Å²) in [5, 5.41) is 1.27. The number of hydrogen-bond acceptors (Lipinski definition) is 2. The third-order valence-corrected chi connectivity index (χ3v) is 11.8. The lowest BCUT2D eigenvalue weighted by Crippen LogP contribution is -2.22. The van der Waals surface area contributed by atoms with Gasteiger partial charge >= 0.3 is 0 Å². The van der Waals surface area contributed by atoms with E-state index < -0.39 is 0 Å². The van der Waals surface area contributed by atoms with Crippen LogP contribution in [0.2, 0.25) is 0 Å². The zero-order chi connectivity index (χ0) is 37.6. The smallest absolute Gasteiger partial charge is 0.0640 e. The lowest BCUT2D eigenvalue weighted by molar-refractivity contribution is 0.696. The topological polar surface area (TPSA) is 19.0 Å². The number of fused-ring (bicyclic) bond motifs is 1. The van der Waals surface area contributed by atoms with Crippen molar-refractivity contribution in [1.82, 2.24) is 4.98 Å². The first-order valence-electron chi connectivity index (χ1n) is 19.1. The summed E-state index contributed by atoms with van der Waals surface area (Å²) in [6, 6.07) is 25.9. The number of H-pyrrole nitrogens is 1. The molecule has 0 bridgehead atoms. The second-order valence-electron chi connectivity index (χ2n) is 14.2. The summed E-state index contributed by atoms with van der Waals surface area (Å²) in [6.45, 7) is 15.1. The van der Waals surface area contributed by atoms with E-state index in [0.717, 1.165) is 35.5 Å². The van der Waals surface area contributed by atoms with Gasteiger partial charge in [0.1, 0.15) is 0 Å². The van der Waals surface area contributed by atoms with Crippen LogP contribution in [0.3, 0.4) is 0 Å². The first-order chi connectivity index (χ1) is 26.4. The Morgan fingerprint density at radius 2 is 1.67 bits per heavy atom. The fourth-order valence-corrected chi connectivity index (χ4v) is 9.10. The number of hydrogen-bond donors (Lipinski definition) is 1. The van der Waals surface area contributed by atoms with Gasteiger partial charge in [0.25, 0.3) is 0 Å². The molecule has 2 aromatic heterocycles. The second kappa shape index (κ2) is 16.6. The van der Waals surface area contributed by atoms with Gasteiger partial charge in [-0.3, -0.25) is 0 Å². The van der Waals surface area contributed by atoms with Crippen molar-refractivity contribution in [2.24, 2.45) is 11.8 Å². The van der Waals surface area contributed by atoms with Crippen LogP contribution in [0.15, 0.2) is 163 Å². The number of nitrogens with one attached hydrogen (secondary N) is 1. The fraction of sp³-hybridized carbons (Fsp3) is 0.176. The number of allylic oxidation sites excluding steroid dienone is 12. The zero-order valence-electron chi connectivity index (χ0n) is 32.1. The van der Waals surface area contributed by atoms with Gasteiger partial charge in [-0.15, -0.1) is 11.3 Å². The van der Waals surface area contributed by atoms with Gasteiger partial charge in [0.05, 0.1) is 10.4 Å². The van der Waals surface area contributed by atoms with Gasteiger partial charge in [-0.05, 0) is 110 Å². The number of aryl methyl sites for hydroxylation is 2. The molecule has 0 radical (unpaired) electrons. The summed E-state index contributed by atoms with van der Waals surface area (Å²) in [6.07, 6.45) is 33.6. The van der Waals surface area contributed by atoms with Crippen molar-refractivity contribution in [3.63, 3.8) is 0 Å². The van der Waals surface area contributed by atoms with Gasteiger partial charge in [0, 0.05) is 44.7 Å². The molecular formula is C51H50N2S. The predicted molar refractivity (Wildman–Crippen MR) is 239 cm³/mol. The Morgan fingerprint density at radius 3 is 2.39 bits per heavy atom. The summed E-state index contributed by atoms with van der Waals surface area (Å²) in [7, 11) is 0. The van der Waals surface area contributed by atoms with Crippen molar-refractivity contribution in [2.75, 3.05) is 4.90 Å². The van der Waals surface area contributed by atoms with Crippen LogP contribution < -0.4 is 4.90 Å². The van der Waals surface area contributed by atoms with E-state index in [-0.39, 0.29) is 0 Å². The summed E-state index contributed by atoms with van der Waals surface area (Å²) in [5.74, 6) is 0.994. The average Bonchev–Trinajstić information content (AvgIpc) is 3.71. The molecule has 2 nitrogen and oxygen atoms in total. The Bertz CT molecular complexity index is 2410. The molecule has 2 unspecified atom stereocenters. The Labute approximate surface area is 326 Å². The van der Waals surface area contributed by atoms with Crippen LogP contribution in [0.4, 0.5) is 5.69 Å². The van der Waals surface area contributed by atoms with Crippen LogP contribution >= 0.6 is 11.3 Å². The first-order valence-corrected chi connectivity index (χ1v) is 20.0. The van der Waals surface area contributed by atoms with Crippen LogP contribution in [-0.2, 0) is 0 Å². The molecule has 5 aromatic rings. The van der Waals surface area contributed by atoms with Gasteiger partial charge in [-0.25, -0.2) is 0 Å². The van der Waals surface area contributed by atoms with Crippen LogP contribution in [0, 0.1) is 25.7 Å². The maximum absolute atomic E-state index is 4.16. The average molecular weight is 723 g/mol. The summed E-state index contributed by atoms with van der Waals surface area (Å²) >= 11 is 1.89. The highest BCUT2D eigenvalue weighted by Gasteiger charge is 2.26. The third-order valence-electron chi connectivity index (χ3n) is 10.5. The maximum atomic E-state index is 4.16. The second-order valence-corrected chi connectivity index (χ2v) is 15.2. The molecule has 0 spiro atoms. The van der Waals surface area contributed by atoms with Gasteiger partial charge in [0.2, 0.25) is 0 Å². The number of thiophene rings is 1. The number of benzene rings is 3. The molecule has 2 atom stereocenters. The molecule has 54 heavy (non-hydrogen) atoms. The number of aromatic amines is 1. The Hall–Kier alpha value is -5.64. The largest absolute Gasteiger partial charge is 0.358 e. The van der Waals surface area contributed by atoms with Crippen molar-refractivity contribution in [2.45, 2.75) is 47.5 Å². The first kappa shape index (κ1) is 36.7. The highest BCUT2D eigenvalue weighted by atomic mass is 32.1. The van der Waals surface area contributed by atoms with E-state index in [1.54, 1.807) is 0 Å². The third kappa shape index (κ3) is 7.42. The SMILES string of the molecule is C=Cc1ccccc1-c1c(C)[nH]c(/C=C\C)c1-c1sc2c(N(C3=CCC(C4=CCC(C)C=C4)C=C3)C(/C=C\C)=C/C=C/c3ccccc3)cccc2c1C. The molecule has 0 saturated carbocycles. The molecule has 3 aromatic carbocycles. The van der Waals surface area contributed by atoms with Gasteiger partial charge in [0.15, 0.2) is 0 Å². The Kier molecular flexibility index (Phi) is 11.3. The minimum atomic E-state index is 0.386. The molecule has 2 heterocycles. The Balaban J connectivity index is 1.40. The normalized spacial score (nSPS) is 17.6. The molecule has 1 N–H and O–H groups in total. The number of aromatic nitrogens is 1. The zero-order valence-corrected chi connectivity index (χ0v) is 33.0. The number of anilines is 1. The van der Waals surface area contributed by atoms with Crippen molar-refractivity contribution in [3.8, 4) is 21.6 Å².